The monoisotopic (exact) mass is 432 g/mol. The third kappa shape index (κ3) is 3.81. The number of aliphatic imine (C=N–C) groups is 1. The Labute approximate surface area is 181 Å². The molecular weight excluding hydrogens is 420 g/mol. The van der Waals surface area contributed by atoms with E-state index in [9.17, 15) is 5.26 Å². The molecule has 0 amide bonds. The van der Waals surface area contributed by atoms with Crippen molar-refractivity contribution in [3.05, 3.63) is 58.2 Å². The Morgan fingerprint density at radius 3 is 2.71 bits per heavy atom. The molecule has 152 valence electrons. The highest BCUT2D eigenvalue weighted by Crippen LogP contribution is 2.41. The van der Waals surface area contributed by atoms with E-state index in [0.717, 1.165) is 0 Å². The lowest BCUT2D eigenvalue weighted by molar-refractivity contribution is 0.454. The van der Waals surface area contributed by atoms with Crippen LogP contribution in [0.2, 0.25) is 5.15 Å². The Balaban J connectivity index is 1.79. The second kappa shape index (κ2) is 8.02. The van der Waals surface area contributed by atoms with E-state index < -0.39 is 6.04 Å². The lowest BCUT2D eigenvalue weighted by Gasteiger charge is -2.26. The zero-order valence-electron chi connectivity index (χ0n) is 15.7. The summed E-state index contributed by atoms with van der Waals surface area (Å²) >= 11 is 5.75. The van der Waals surface area contributed by atoms with Crippen molar-refractivity contribution < 1.29 is 4.74 Å². The number of nitrogens with zero attached hydrogens (tertiary/aromatic N) is 6. The second-order valence-electron chi connectivity index (χ2n) is 6.27. The largest absolute Gasteiger partial charge is 0.438 e. The summed E-state index contributed by atoms with van der Waals surface area (Å²) in [6.45, 7) is 0. The molecule has 3 aromatic rings. The molecule has 1 atom stereocenters. The van der Waals surface area contributed by atoms with Crippen LogP contribution in [-0.4, -0.2) is 21.1 Å². The minimum absolute atomic E-state index is 0.0263. The topological polar surface area (TPSA) is 184 Å². The number of ether oxygens (including phenoxy) is 1. The first-order valence-corrected chi connectivity index (χ1v) is 9.14. The molecule has 6 N–H and O–H groups in total. The number of nitriles is 2. The predicted octanol–water partition coefficient (Wildman–Crippen LogP) is 2.29. The molecule has 0 saturated heterocycles. The van der Waals surface area contributed by atoms with Gasteiger partial charge in [-0.25, -0.2) is 9.98 Å². The van der Waals surface area contributed by atoms with Gasteiger partial charge < -0.3 is 21.5 Å². The van der Waals surface area contributed by atoms with Crippen LogP contribution in [0.1, 0.15) is 22.7 Å². The van der Waals surface area contributed by atoms with Gasteiger partial charge in [-0.05, 0) is 23.8 Å². The number of fused-ring (bicyclic) bond motifs is 1. The highest BCUT2D eigenvalue weighted by atomic mass is 35.5. The Kier molecular flexibility index (Phi) is 5.10. The van der Waals surface area contributed by atoms with Gasteiger partial charge in [0.1, 0.15) is 35.1 Å². The quantitative estimate of drug-likeness (QED) is 0.353. The maximum Gasteiger partial charge on any atom is 0.238 e. The Morgan fingerprint density at radius 1 is 1.16 bits per heavy atom. The summed E-state index contributed by atoms with van der Waals surface area (Å²) in [6, 6.07) is 11.4. The van der Waals surface area contributed by atoms with Gasteiger partial charge in [-0.1, -0.05) is 23.7 Å². The van der Waals surface area contributed by atoms with Gasteiger partial charge in [0, 0.05) is 11.6 Å². The van der Waals surface area contributed by atoms with Crippen molar-refractivity contribution in [1.82, 2.24) is 20.5 Å². The number of nitrogen functional groups attached to an aromatic ring is 2. The van der Waals surface area contributed by atoms with Crippen LogP contribution in [0.3, 0.4) is 0 Å². The van der Waals surface area contributed by atoms with Crippen molar-refractivity contribution >= 4 is 34.9 Å². The van der Waals surface area contributed by atoms with E-state index in [-0.39, 0.29) is 34.1 Å². The summed E-state index contributed by atoms with van der Waals surface area (Å²) < 4.78 is 5.74. The summed E-state index contributed by atoms with van der Waals surface area (Å²) in [4.78, 5) is 8.73. The number of pyridine rings is 1. The summed E-state index contributed by atoms with van der Waals surface area (Å²) in [5.41, 5.74) is 13.4. The number of rotatable bonds is 3. The van der Waals surface area contributed by atoms with E-state index in [4.69, 9.17) is 33.1 Å². The van der Waals surface area contributed by atoms with Crippen molar-refractivity contribution in [3.8, 4) is 23.9 Å². The van der Waals surface area contributed by atoms with Crippen LogP contribution in [0.4, 0.5) is 17.3 Å². The van der Waals surface area contributed by atoms with Crippen LogP contribution < -0.4 is 26.8 Å². The molecule has 0 aliphatic carbocycles. The number of anilines is 3. The minimum atomic E-state index is -0.688. The molecule has 31 heavy (non-hydrogen) atoms. The second-order valence-corrected chi connectivity index (χ2v) is 6.66. The Morgan fingerprint density at radius 2 is 2.00 bits per heavy atom. The molecule has 2 aromatic heterocycles. The van der Waals surface area contributed by atoms with Crippen LogP contribution in [-0.2, 0) is 0 Å². The van der Waals surface area contributed by atoms with Crippen LogP contribution in [0.15, 0.2) is 41.4 Å². The number of aromatic nitrogens is 3. The fourth-order valence-corrected chi connectivity index (χ4v) is 3.15. The van der Waals surface area contributed by atoms with Gasteiger partial charge in [-0.3, -0.25) is 5.32 Å². The van der Waals surface area contributed by atoms with Gasteiger partial charge in [0.2, 0.25) is 11.8 Å². The van der Waals surface area contributed by atoms with E-state index >= 15 is 0 Å². The lowest BCUT2D eigenvalue weighted by Crippen LogP contribution is -2.32. The minimum Gasteiger partial charge on any atom is -0.438 e. The van der Waals surface area contributed by atoms with Gasteiger partial charge in [0.25, 0.3) is 0 Å². The third-order valence-electron chi connectivity index (χ3n) is 4.36. The molecule has 0 bridgehead atoms. The van der Waals surface area contributed by atoms with E-state index in [1.807, 2.05) is 6.07 Å². The zero-order chi connectivity index (χ0) is 22.0. The molecule has 12 heteroatoms. The first kappa shape index (κ1) is 19.7. The molecule has 0 fully saturated rings. The van der Waals surface area contributed by atoms with Gasteiger partial charge in [-0.2, -0.15) is 10.5 Å². The standard InChI is InChI=1S/C19H13ClN10O/c20-12-4-5-13(30-29-12)31-10-3-1-2-9(6-10)16-14-15(23)11(7-21)17(24)27-18(14)28-19(26-16)25-8-22/h1-6,16H,(H6,23,24,25,26,27,28). The molecule has 11 nitrogen and oxygen atoms in total. The maximum atomic E-state index is 9.42. The fourth-order valence-electron chi connectivity index (χ4n) is 3.05. The smallest absolute Gasteiger partial charge is 0.238 e. The number of hydrogen-bond donors (Lipinski definition) is 4. The maximum absolute atomic E-state index is 9.42. The van der Waals surface area contributed by atoms with Gasteiger partial charge in [0.05, 0.1) is 5.69 Å². The van der Waals surface area contributed by atoms with Crippen molar-refractivity contribution in [3.63, 3.8) is 0 Å². The molecule has 1 unspecified atom stereocenters. The average molecular weight is 433 g/mol. The predicted molar refractivity (Wildman–Crippen MR) is 113 cm³/mol. The molecule has 3 heterocycles. The summed E-state index contributed by atoms with van der Waals surface area (Å²) in [5, 5.41) is 31.6. The Bertz CT molecular complexity index is 1280. The van der Waals surface area contributed by atoms with Crippen LogP contribution in [0.5, 0.6) is 11.6 Å². The number of halogens is 1. The first-order chi connectivity index (χ1) is 15.0. The number of hydrogen-bond acceptors (Lipinski definition) is 11. The first-order valence-electron chi connectivity index (χ1n) is 8.76. The highest BCUT2D eigenvalue weighted by molar-refractivity contribution is 6.29. The molecule has 4 rings (SSSR count). The van der Waals surface area contributed by atoms with Gasteiger partial charge in [-0.15, -0.1) is 10.2 Å². The average Bonchev–Trinajstić information content (AvgIpc) is 2.75. The van der Waals surface area contributed by atoms with Gasteiger partial charge in [0.15, 0.2) is 11.3 Å². The molecule has 1 aromatic carbocycles. The number of nitrogens with two attached hydrogens (primary N) is 2. The molecule has 0 spiro atoms. The number of guanidine groups is 1. The molecule has 1 aliphatic rings. The SMILES string of the molecule is N#CNC1=NC(c2cccc(Oc3ccc(Cl)nn3)c2)c2c(nc(N)c(C#N)c2N)N1. The Hall–Kier alpha value is -4.61. The van der Waals surface area contributed by atoms with Crippen molar-refractivity contribution in [1.29, 1.82) is 10.5 Å². The van der Waals surface area contributed by atoms with Crippen molar-refractivity contribution in [2.24, 2.45) is 4.99 Å². The van der Waals surface area contributed by atoms with Crippen molar-refractivity contribution in [2.45, 2.75) is 6.04 Å². The normalized spacial score (nSPS) is 14.3. The fraction of sp³-hybridized carbons (Fsp3) is 0.0526. The third-order valence-corrected chi connectivity index (χ3v) is 4.56. The van der Waals surface area contributed by atoms with E-state index in [1.54, 1.807) is 42.6 Å². The molecule has 0 radical (unpaired) electrons. The summed E-state index contributed by atoms with van der Waals surface area (Å²) in [5.74, 6) is 1.14. The van der Waals surface area contributed by atoms with E-state index in [2.05, 4.69) is 30.8 Å². The highest BCUT2D eigenvalue weighted by Gasteiger charge is 2.29. The zero-order valence-corrected chi connectivity index (χ0v) is 16.4. The van der Waals surface area contributed by atoms with Gasteiger partial charge >= 0.3 is 0 Å². The number of benzene rings is 1. The van der Waals surface area contributed by atoms with E-state index in [0.29, 0.717) is 22.7 Å². The lowest BCUT2D eigenvalue weighted by atomic mass is 9.95. The van der Waals surface area contributed by atoms with Crippen LogP contribution in [0.25, 0.3) is 0 Å². The summed E-state index contributed by atoms with van der Waals surface area (Å²) in [7, 11) is 0. The van der Waals surface area contributed by atoms with Crippen LogP contribution in [0, 0.1) is 22.8 Å². The number of nitrogens with one attached hydrogen (secondary N) is 2. The molecule has 0 saturated carbocycles. The summed E-state index contributed by atoms with van der Waals surface area (Å²) in [6.07, 6.45) is 1.80. The molecule has 1 aliphatic heterocycles. The van der Waals surface area contributed by atoms with Crippen molar-refractivity contribution in [2.75, 3.05) is 16.8 Å². The molecular formula is C19H13ClN10O. The van der Waals surface area contributed by atoms with Crippen LogP contribution >= 0.6 is 11.6 Å². The van der Waals surface area contributed by atoms with E-state index in [1.165, 1.54) is 0 Å².